The van der Waals surface area contributed by atoms with Crippen LogP contribution in [0.15, 0.2) is 30.3 Å². The average molecular weight is 265 g/mol. The Morgan fingerprint density at radius 3 is 2.26 bits per heavy atom. The summed E-state index contributed by atoms with van der Waals surface area (Å²) >= 11 is 0. The first-order valence-electron chi connectivity index (χ1n) is 7.05. The number of aliphatic hydroxyl groups excluding tert-OH is 2. The third-order valence-electron chi connectivity index (χ3n) is 3.71. The first-order valence-corrected chi connectivity index (χ1v) is 7.05. The van der Waals surface area contributed by atoms with Gasteiger partial charge in [0.2, 0.25) is 0 Å². The molecular formula is C16H27NO2. The monoisotopic (exact) mass is 265 g/mol. The highest BCUT2D eigenvalue weighted by Gasteiger charge is 2.29. The normalized spacial score (nSPS) is 14.9. The summed E-state index contributed by atoms with van der Waals surface area (Å²) in [5.74, 6) is 0. The van der Waals surface area contributed by atoms with Crippen molar-refractivity contribution in [2.45, 2.75) is 38.6 Å². The Labute approximate surface area is 116 Å². The molecule has 0 saturated carbocycles. The van der Waals surface area contributed by atoms with Gasteiger partial charge in [-0.25, -0.2) is 0 Å². The molecule has 2 N–H and O–H groups in total. The van der Waals surface area contributed by atoms with Crippen LogP contribution in [0.3, 0.4) is 0 Å². The Morgan fingerprint density at radius 1 is 1.16 bits per heavy atom. The number of rotatable bonds is 8. The third-order valence-corrected chi connectivity index (χ3v) is 3.71. The molecule has 0 spiro atoms. The maximum absolute atomic E-state index is 9.82. The topological polar surface area (TPSA) is 43.7 Å². The maximum Gasteiger partial charge on any atom is 0.0537 e. The second-order valence-electron chi connectivity index (χ2n) is 5.73. The molecule has 0 bridgehead atoms. The summed E-state index contributed by atoms with van der Waals surface area (Å²) in [7, 11) is 0. The lowest BCUT2D eigenvalue weighted by molar-refractivity contribution is 0.116. The van der Waals surface area contributed by atoms with E-state index in [0.29, 0.717) is 6.04 Å². The highest BCUT2D eigenvalue weighted by Crippen LogP contribution is 2.25. The van der Waals surface area contributed by atoms with Crippen molar-refractivity contribution in [3.05, 3.63) is 35.9 Å². The Hall–Kier alpha value is -0.900. The zero-order valence-corrected chi connectivity index (χ0v) is 12.3. The van der Waals surface area contributed by atoms with E-state index in [-0.39, 0.29) is 18.6 Å². The van der Waals surface area contributed by atoms with E-state index in [1.807, 2.05) is 18.2 Å². The van der Waals surface area contributed by atoms with Crippen molar-refractivity contribution in [3.63, 3.8) is 0 Å². The van der Waals surface area contributed by atoms with Crippen LogP contribution in [-0.2, 0) is 5.41 Å². The van der Waals surface area contributed by atoms with Crippen molar-refractivity contribution in [1.82, 2.24) is 4.90 Å². The summed E-state index contributed by atoms with van der Waals surface area (Å²) < 4.78 is 0. The van der Waals surface area contributed by atoms with Crippen molar-refractivity contribution in [1.29, 1.82) is 0 Å². The van der Waals surface area contributed by atoms with E-state index < -0.39 is 0 Å². The Kier molecular flexibility index (Phi) is 6.49. The van der Waals surface area contributed by atoms with Crippen LogP contribution in [0.4, 0.5) is 0 Å². The molecule has 1 aromatic carbocycles. The first kappa shape index (κ1) is 16.2. The summed E-state index contributed by atoms with van der Waals surface area (Å²) in [5.41, 5.74) is 0.896. The smallest absolute Gasteiger partial charge is 0.0537 e. The molecule has 1 aromatic rings. The SMILES string of the molecule is CC(C)N(CCCO)CC(C)(CO)c1ccccc1. The van der Waals surface area contributed by atoms with Gasteiger partial charge in [-0.1, -0.05) is 37.3 Å². The highest BCUT2D eigenvalue weighted by molar-refractivity contribution is 5.25. The molecule has 0 amide bonds. The van der Waals surface area contributed by atoms with Gasteiger partial charge in [0, 0.05) is 31.2 Å². The number of hydrogen-bond donors (Lipinski definition) is 2. The maximum atomic E-state index is 9.82. The van der Waals surface area contributed by atoms with Gasteiger partial charge in [-0.3, -0.25) is 4.90 Å². The van der Waals surface area contributed by atoms with Crippen LogP contribution in [0.25, 0.3) is 0 Å². The minimum absolute atomic E-state index is 0.124. The fourth-order valence-corrected chi connectivity index (χ4v) is 2.31. The molecule has 0 saturated heterocycles. The van der Waals surface area contributed by atoms with Gasteiger partial charge in [0.1, 0.15) is 0 Å². The van der Waals surface area contributed by atoms with Crippen LogP contribution in [0.1, 0.15) is 32.8 Å². The minimum Gasteiger partial charge on any atom is -0.396 e. The van der Waals surface area contributed by atoms with Crippen LogP contribution in [0, 0.1) is 0 Å². The molecule has 3 nitrogen and oxygen atoms in total. The van der Waals surface area contributed by atoms with E-state index in [1.54, 1.807) is 0 Å². The quantitative estimate of drug-likeness (QED) is 0.756. The van der Waals surface area contributed by atoms with E-state index in [4.69, 9.17) is 5.11 Å². The standard InChI is InChI=1S/C16H27NO2/c1-14(2)17(10-7-11-18)12-16(3,13-19)15-8-5-4-6-9-15/h4-6,8-9,14,18-19H,7,10-13H2,1-3H3. The van der Waals surface area contributed by atoms with Crippen molar-refractivity contribution >= 4 is 0 Å². The fraction of sp³-hybridized carbons (Fsp3) is 0.625. The molecule has 0 aliphatic carbocycles. The van der Waals surface area contributed by atoms with Crippen LogP contribution in [0.5, 0.6) is 0 Å². The molecule has 0 aliphatic heterocycles. The Balaban J connectivity index is 2.83. The molecule has 3 heteroatoms. The molecule has 108 valence electrons. The van der Waals surface area contributed by atoms with Gasteiger partial charge in [0.15, 0.2) is 0 Å². The van der Waals surface area contributed by atoms with E-state index in [1.165, 1.54) is 0 Å². The van der Waals surface area contributed by atoms with Crippen molar-refractivity contribution in [3.8, 4) is 0 Å². The number of aliphatic hydroxyl groups is 2. The summed E-state index contributed by atoms with van der Waals surface area (Å²) in [5, 5.41) is 18.8. The third kappa shape index (κ3) is 4.60. The van der Waals surface area contributed by atoms with E-state index in [9.17, 15) is 5.11 Å². The molecular weight excluding hydrogens is 238 g/mol. The molecule has 0 fully saturated rings. The van der Waals surface area contributed by atoms with Crippen molar-refractivity contribution in [2.24, 2.45) is 0 Å². The Morgan fingerprint density at radius 2 is 1.79 bits per heavy atom. The zero-order chi connectivity index (χ0) is 14.3. The van der Waals surface area contributed by atoms with Gasteiger partial charge in [-0.15, -0.1) is 0 Å². The highest BCUT2D eigenvalue weighted by atomic mass is 16.3. The average Bonchev–Trinajstić information content (AvgIpc) is 2.43. The lowest BCUT2D eigenvalue weighted by Gasteiger charge is -2.37. The molecule has 0 heterocycles. The van der Waals surface area contributed by atoms with E-state index >= 15 is 0 Å². The van der Waals surface area contributed by atoms with E-state index in [2.05, 4.69) is 37.8 Å². The van der Waals surface area contributed by atoms with E-state index in [0.717, 1.165) is 25.1 Å². The Bertz CT molecular complexity index is 353. The second-order valence-corrected chi connectivity index (χ2v) is 5.73. The fourth-order valence-electron chi connectivity index (χ4n) is 2.31. The summed E-state index contributed by atoms with van der Waals surface area (Å²) in [6.45, 7) is 8.39. The van der Waals surface area contributed by atoms with Crippen LogP contribution >= 0.6 is 0 Å². The number of hydrogen-bond acceptors (Lipinski definition) is 3. The summed E-state index contributed by atoms with van der Waals surface area (Å²) in [6, 6.07) is 10.6. The number of nitrogens with zero attached hydrogens (tertiary/aromatic N) is 1. The van der Waals surface area contributed by atoms with Gasteiger partial charge in [0.25, 0.3) is 0 Å². The van der Waals surface area contributed by atoms with Gasteiger partial charge < -0.3 is 10.2 Å². The molecule has 1 atom stereocenters. The van der Waals surface area contributed by atoms with Crippen molar-refractivity contribution in [2.75, 3.05) is 26.3 Å². The largest absolute Gasteiger partial charge is 0.396 e. The summed E-state index contributed by atoms with van der Waals surface area (Å²) in [6.07, 6.45) is 0.772. The predicted octanol–water partition coefficient (Wildman–Crippen LogP) is 2.03. The van der Waals surface area contributed by atoms with Crippen LogP contribution in [-0.4, -0.2) is 47.5 Å². The lowest BCUT2D eigenvalue weighted by atomic mass is 9.82. The molecule has 19 heavy (non-hydrogen) atoms. The second kappa shape index (κ2) is 7.63. The van der Waals surface area contributed by atoms with Gasteiger partial charge in [0.05, 0.1) is 6.61 Å². The first-order chi connectivity index (χ1) is 9.03. The van der Waals surface area contributed by atoms with Crippen LogP contribution in [0.2, 0.25) is 0 Å². The van der Waals surface area contributed by atoms with Gasteiger partial charge in [-0.2, -0.15) is 0 Å². The van der Waals surface area contributed by atoms with Gasteiger partial charge >= 0.3 is 0 Å². The molecule has 1 unspecified atom stereocenters. The lowest BCUT2D eigenvalue weighted by Crippen LogP contribution is -2.45. The molecule has 0 radical (unpaired) electrons. The van der Waals surface area contributed by atoms with Crippen molar-refractivity contribution < 1.29 is 10.2 Å². The minimum atomic E-state index is -0.263. The molecule has 0 aliphatic rings. The van der Waals surface area contributed by atoms with Gasteiger partial charge in [-0.05, 0) is 25.8 Å². The number of benzene rings is 1. The molecule has 0 aromatic heterocycles. The van der Waals surface area contributed by atoms with Crippen LogP contribution < -0.4 is 0 Å². The zero-order valence-electron chi connectivity index (χ0n) is 12.3. The summed E-state index contributed by atoms with van der Waals surface area (Å²) in [4.78, 5) is 2.32. The predicted molar refractivity (Wildman–Crippen MR) is 79.3 cm³/mol. The molecule has 1 rings (SSSR count).